The molecule has 1 amide bonds. The minimum absolute atomic E-state index is 0.0280. The van der Waals surface area contributed by atoms with Crippen LogP contribution in [0.3, 0.4) is 0 Å². The average molecular weight is 380 g/mol. The monoisotopic (exact) mass is 379 g/mol. The van der Waals surface area contributed by atoms with Crippen LogP contribution in [-0.2, 0) is 15.3 Å². The summed E-state index contributed by atoms with van der Waals surface area (Å²) in [6, 6.07) is 7.24. The van der Waals surface area contributed by atoms with Gasteiger partial charge in [-0.2, -0.15) is 0 Å². The lowest BCUT2D eigenvalue weighted by Crippen LogP contribution is -2.11. The first kappa shape index (κ1) is 19.4. The van der Waals surface area contributed by atoms with E-state index in [0.717, 1.165) is 16.3 Å². The van der Waals surface area contributed by atoms with E-state index in [1.54, 1.807) is 12.1 Å². The highest BCUT2D eigenvalue weighted by Crippen LogP contribution is 2.28. The summed E-state index contributed by atoms with van der Waals surface area (Å²) in [6.45, 7) is 4.18. The number of aromatic nitrogens is 2. The molecule has 1 aromatic carbocycles. The molecule has 1 heterocycles. The predicted octanol–water partition coefficient (Wildman–Crippen LogP) is 3.99. The Labute approximate surface area is 155 Å². The maximum absolute atomic E-state index is 11.8. The normalized spacial score (nSPS) is 10.7. The van der Waals surface area contributed by atoms with Gasteiger partial charge in [0.15, 0.2) is 4.34 Å². The van der Waals surface area contributed by atoms with Crippen LogP contribution in [0.4, 0.5) is 5.13 Å². The van der Waals surface area contributed by atoms with Crippen molar-refractivity contribution in [3.63, 3.8) is 0 Å². The molecule has 2 rings (SSSR count). The smallest absolute Gasteiger partial charge is 0.337 e. The van der Waals surface area contributed by atoms with Crippen molar-refractivity contribution >= 4 is 40.1 Å². The molecule has 8 heteroatoms. The van der Waals surface area contributed by atoms with Gasteiger partial charge in [0.2, 0.25) is 11.0 Å². The van der Waals surface area contributed by atoms with E-state index < -0.39 is 0 Å². The lowest BCUT2D eigenvalue weighted by atomic mass is 10.1. The Balaban J connectivity index is 1.83. The molecule has 0 aliphatic rings. The molecule has 0 atom stereocenters. The molecule has 0 saturated heterocycles. The fourth-order valence-electron chi connectivity index (χ4n) is 1.92. The lowest BCUT2D eigenvalue weighted by Gasteiger charge is -2.03. The van der Waals surface area contributed by atoms with E-state index in [1.165, 1.54) is 30.2 Å². The number of hydrogen-bond donors (Lipinski definition) is 1. The number of carbonyl (C=O) groups is 2. The molecule has 0 aliphatic carbocycles. The zero-order valence-corrected chi connectivity index (χ0v) is 16.1. The van der Waals surface area contributed by atoms with Crippen molar-refractivity contribution in [1.82, 2.24) is 10.2 Å². The molecule has 134 valence electrons. The van der Waals surface area contributed by atoms with Gasteiger partial charge in [-0.25, -0.2) is 4.79 Å². The van der Waals surface area contributed by atoms with Crippen LogP contribution < -0.4 is 5.32 Å². The van der Waals surface area contributed by atoms with Gasteiger partial charge >= 0.3 is 5.97 Å². The molecule has 0 bridgehead atoms. The van der Waals surface area contributed by atoms with Crippen LogP contribution in [0.25, 0.3) is 0 Å². The Morgan fingerprint density at radius 2 is 1.96 bits per heavy atom. The second-order valence-corrected chi connectivity index (χ2v) is 8.03. The number of esters is 1. The van der Waals surface area contributed by atoms with E-state index in [0.29, 0.717) is 28.8 Å². The van der Waals surface area contributed by atoms with Crippen LogP contribution in [0, 0.1) is 5.92 Å². The van der Waals surface area contributed by atoms with Gasteiger partial charge < -0.3 is 10.1 Å². The van der Waals surface area contributed by atoms with Gasteiger partial charge in [0.1, 0.15) is 0 Å². The van der Waals surface area contributed by atoms with Crippen molar-refractivity contribution in [2.45, 2.75) is 36.8 Å². The molecular weight excluding hydrogens is 358 g/mol. The third-order valence-electron chi connectivity index (χ3n) is 3.34. The number of nitrogens with one attached hydrogen (secondary N) is 1. The fraction of sp³-hybridized carbons (Fsp3) is 0.412. The summed E-state index contributed by atoms with van der Waals surface area (Å²) in [5.74, 6) is 0.829. The van der Waals surface area contributed by atoms with Gasteiger partial charge in [-0.15, -0.1) is 10.2 Å². The quantitative estimate of drug-likeness (QED) is 0.424. The highest BCUT2D eigenvalue weighted by Gasteiger charge is 2.10. The first-order valence-corrected chi connectivity index (χ1v) is 9.71. The number of amides is 1. The Morgan fingerprint density at radius 1 is 1.24 bits per heavy atom. The van der Waals surface area contributed by atoms with Gasteiger partial charge in [0.25, 0.3) is 0 Å². The van der Waals surface area contributed by atoms with Crippen molar-refractivity contribution in [3.8, 4) is 0 Å². The molecule has 6 nitrogen and oxygen atoms in total. The molecule has 25 heavy (non-hydrogen) atoms. The molecule has 0 radical (unpaired) electrons. The Morgan fingerprint density at radius 3 is 2.60 bits per heavy atom. The number of benzene rings is 1. The molecule has 2 aromatic rings. The number of thioether (sulfide) groups is 1. The highest BCUT2D eigenvalue weighted by atomic mass is 32.2. The molecule has 1 N–H and O–H groups in total. The number of hydrogen-bond acceptors (Lipinski definition) is 7. The van der Waals surface area contributed by atoms with Crippen LogP contribution in [0.1, 0.15) is 42.6 Å². The second-order valence-electron chi connectivity index (χ2n) is 5.83. The summed E-state index contributed by atoms with van der Waals surface area (Å²) in [4.78, 5) is 23.2. The Kier molecular flexibility index (Phi) is 7.39. The van der Waals surface area contributed by atoms with Gasteiger partial charge in [-0.05, 0) is 30.0 Å². The number of nitrogens with zero attached hydrogens (tertiary/aromatic N) is 2. The van der Waals surface area contributed by atoms with Crippen molar-refractivity contribution < 1.29 is 14.3 Å². The zero-order chi connectivity index (χ0) is 18.2. The van der Waals surface area contributed by atoms with E-state index in [9.17, 15) is 9.59 Å². The molecule has 0 aliphatic heterocycles. The molecule has 0 fully saturated rings. The van der Waals surface area contributed by atoms with E-state index in [1.807, 2.05) is 12.1 Å². The summed E-state index contributed by atoms with van der Waals surface area (Å²) < 4.78 is 5.46. The number of methoxy groups -OCH3 is 1. The number of carbonyl (C=O) groups excluding carboxylic acids is 2. The Bertz CT molecular complexity index is 714. The average Bonchev–Trinajstić information content (AvgIpc) is 3.05. The summed E-state index contributed by atoms with van der Waals surface area (Å²) in [7, 11) is 1.36. The van der Waals surface area contributed by atoms with E-state index in [2.05, 4.69) is 34.1 Å². The second kappa shape index (κ2) is 9.53. The van der Waals surface area contributed by atoms with Gasteiger partial charge in [-0.3, -0.25) is 4.79 Å². The Hall–Kier alpha value is -1.93. The van der Waals surface area contributed by atoms with Crippen molar-refractivity contribution in [2.75, 3.05) is 12.4 Å². The highest BCUT2D eigenvalue weighted by molar-refractivity contribution is 8.00. The van der Waals surface area contributed by atoms with Crippen LogP contribution >= 0.6 is 23.1 Å². The first-order valence-electron chi connectivity index (χ1n) is 7.91. The fourth-order valence-corrected chi connectivity index (χ4v) is 3.64. The van der Waals surface area contributed by atoms with E-state index in [-0.39, 0.29) is 11.9 Å². The van der Waals surface area contributed by atoms with Gasteiger partial charge in [-0.1, -0.05) is 49.1 Å². The lowest BCUT2D eigenvalue weighted by molar-refractivity contribution is -0.116. The van der Waals surface area contributed by atoms with E-state index in [4.69, 9.17) is 0 Å². The van der Waals surface area contributed by atoms with Crippen molar-refractivity contribution in [3.05, 3.63) is 35.4 Å². The van der Waals surface area contributed by atoms with Crippen LogP contribution in [0.5, 0.6) is 0 Å². The summed E-state index contributed by atoms with van der Waals surface area (Å²) >= 11 is 2.90. The first-order chi connectivity index (χ1) is 12.0. The largest absolute Gasteiger partial charge is 0.465 e. The van der Waals surface area contributed by atoms with Crippen LogP contribution in [-0.4, -0.2) is 29.2 Å². The number of ether oxygens (including phenoxy) is 1. The standard InChI is InChI=1S/C17H21N3O3S2/c1-11(2)4-9-14(21)18-16-19-20-17(25-16)24-10-12-5-7-13(8-6-12)15(22)23-3/h5-8,11H,4,9-10H2,1-3H3,(H,18,19,21). The van der Waals surface area contributed by atoms with Crippen LogP contribution in [0.2, 0.25) is 0 Å². The molecule has 0 unspecified atom stereocenters. The maximum Gasteiger partial charge on any atom is 0.337 e. The number of rotatable bonds is 8. The predicted molar refractivity (Wildman–Crippen MR) is 100.0 cm³/mol. The summed E-state index contributed by atoms with van der Waals surface area (Å²) in [5.41, 5.74) is 1.59. The van der Waals surface area contributed by atoms with Gasteiger partial charge in [0.05, 0.1) is 12.7 Å². The third kappa shape index (κ3) is 6.47. The molecule has 1 aromatic heterocycles. The number of anilines is 1. The van der Waals surface area contributed by atoms with E-state index >= 15 is 0 Å². The topological polar surface area (TPSA) is 81.2 Å². The minimum Gasteiger partial charge on any atom is -0.465 e. The molecule has 0 spiro atoms. The van der Waals surface area contributed by atoms with Crippen molar-refractivity contribution in [2.24, 2.45) is 5.92 Å². The SMILES string of the molecule is COC(=O)c1ccc(CSc2nnc(NC(=O)CCC(C)C)s2)cc1. The van der Waals surface area contributed by atoms with Crippen molar-refractivity contribution in [1.29, 1.82) is 0 Å². The molecular formula is C17H21N3O3S2. The zero-order valence-electron chi connectivity index (χ0n) is 14.4. The summed E-state index contributed by atoms with van der Waals surface area (Å²) in [5, 5.41) is 11.4. The molecule has 0 saturated carbocycles. The summed E-state index contributed by atoms with van der Waals surface area (Å²) in [6.07, 6.45) is 1.35. The van der Waals surface area contributed by atoms with Gasteiger partial charge in [0, 0.05) is 12.2 Å². The van der Waals surface area contributed by atoms with Crippen LogP contribution in [0.15, 0.2) is 28.6 Å². The maximum atomic E-state index is 11.8. The third-order valence-corrected chi connectivity index (χ3v) is 5.38. The minimum atomic E-state index is -0.346.